The van der Waals surface area contributed by atoms with Gasteiger partial charge in [0.1, 0.15) is 5.75 Å². The van der Waals surface area contributed by atoms with Crippen molar-refractivity contribution < 1.29 is 28.7 Å². The summed E-state index contributed by atoms with van der Waals surface area (Å²) in [5.41, 5.74) is 0.907. The molecule has 1 N–H and O–H groups in total. The molecule has 1 atom stereocenters. The van der Waals surface area contributed by atoms with E-state index < -0.39 is 29.7 Å². The van der Waals surface area contributed by atoms with Gasteiger partial charge in [-0.05, 0) is 42.5 Å². The lowest BCUT2D eigenvalue weighted by Gasteiger charge is -2.28. The summed E-state index contributed by atoms with van der Waals surface area (Å²) in [7, 11) is 2.75. The summed E-state index contributed by atoms with van der Waals surface area (Å²) < 4.78 is 9.71. The van der Waals surface area contributed by atoms with Gasteiger partial charge in [-0.3, -0.25) is 19.9 Å². The fourth-order valence-electron chi connectivity index (χ4n) is 2.69. The van der Waals surface area contributed by atoms with E-state index in [1.807, 2.05) is 0 Å². The summed E-state index contributed by atoms with van der Waals surface area (Å²) in [6.07, 6.45) is 1.14. The zero-order valence-electron chi connectivity index (χ0n) is 15.6. The standard InChI is InChI=1S/C20H17N3O6/c1-28-15-8-6-14(7-9-15)23-18(25)16(17(24)22-20(23)27)11-21-13-5-3-4-12(10-13)19(26)29-2/h3-11,16H,1-2H3,(H,22,24,27)/t16-/m1/s1. The smallest absolute Gasteiger partial charge is 0.337 e. The molecule has 1 heterocycles. The molecule has 0 aliphatic carbocycles. The number of barbiturate groups is 1. The Hall–Kier alpha value is -4.01. The van der Waals surface area contributed by atoms with Crippen molar-refractivity contribution in [3.63, 3.8) is 0 Å². The molecule has 4 amide bonds. The van der Waals surface area contributed by atoms with E-state index in [-0.39, 0.29) is 11.3 Å². The largest absolute Gasteiger partial charge is 0.497 e. The molecule has 0 unspecified atom stereocenters. The third-order valence-corrected chi connectivity index (χ3v) is 4.17. The van der Waals surface area contributed by atoms with E-state index in [0.29, 0.717) is 11.4 Å². The topological polar surface area (TPSA) is 114 Å². The number of nitrogens with zero attached hydrogens (tertiary/aromatic N) is 2. The Bertz CT molecular complexity index is 1000. The van der Waals surface area contributed by atoms with Crippen molar-refractivity contribution in [2.75, 3.05) is 19.1 Å². The monoisotopic (exact) mass is 395 g/mol. The van der Waals surface area contributed by atoms with Crippen molar-refractivity contribution in [1.82, 2.24) is 5.32 Å². The number of ether oxygens (including phenoxy) is 2. The van der Waals surface area contributed by atoms with Crippen molar-refractivity contribution >= 4 is 41.4 Å². The second-order valence-electron chi connectivity index (χ2n) is 5.96. The SMILES string of the molecule is COC(=O)c1cccc(N=C[C@@H]2C(=O)NC(=O)N(c3ccc(OC)cc3)C2=O)c1. The Balaban J connectivity index is 1.85. The Morgan fingerprint density at radius 3 is 2.48 bits per heavy atom. The first-order chi connectivity index (χ1) is 13.9. The van der Waals surface area contributed by atoms with Crippen LogP contribution in [0.4, 0.5) is 16.2 Å². The number of anilines is 1. The average Bonchev–Trinajstić information content (AvgIpc) is 2.73. The Labute approximate surface area is 165 Å². The van der Waals surface area contributed by atoms with Crippen molar-refractivity contribution in [2.45, 2.75) is 0 Å². The lowest BCUT2D eigenvalue weighted by molar-refractivity contribution is -0.131. The molecular weight excluding hydrogens is 378 g/mol. The van der Waals surface area contributed by atoms with Crippen molar-refractivity contribution in [2.24, 2.45) is 10.9 Å². The minimum atomic E-state index is -1.31. The van der Waals surface area contributed by atoms with Gasteiger partial charge < -0.3 is 9.47 Å². The number of nitrogens with one attached hydrogen (secondary N) is 1. The maximum atomic E-state index is 12.8. The lowest BCUT2D eigenvalue weighted by Crippen LogP contribution is -2.58. The number of carbonyl (C=O) groups is 4. The molecule has 1 fully saturated rings. The van der Waals surface area contributed by atoms with E-state index in [1.165, 1.54) is 32.4 Å². The number of urea groups is 1. The van der Waals surface area contributed by atoms with Crippen molar-refractivity contribution in [3.05, 3.63) is 54.1 Å². The van der Waals surface area contributed by atoms with Gasteiger partial charge in [0.2, 0.25) is 5.91 Å². The molecule has 0 bridgehead atoms. The normalized spacial score (nSPS) is 16.7. The molecule has 0 aromatic heterocycles. The number of methoxy groups -OCH3 is 2. The first-order valence-electron chi connectivity index (χ1n) is 8.50. The van der Waals surface area contributed by atoms with Crippen LogP contribution in [-0.4, -0.2) is 44.2 Å². The molecule has 0 radical (unpaired) electrons. The number of rotatable bonds is 5. The minimum absolute atomic E-state index is 0.275. The summed E-state index contributed by atoms with van der Waals surface area (Å²) in [4.78, 5) is 53.7. The predicted molar refractivity (Wildman–Crippen MR) is 103 cm³/mol. The van der Waals surface area contributed by atoms with Crippen LogP contribution in [0.3, 0.4) is 0 Å². The molecule has 0 saturated carbocycles. The van der Waals surface area contributed by atoms with Crippen LogP contribution in [-0.2, 0) is 14.3 Å². The fraction of sp³-hybridized carbons (Fsp3) is 0.150. The molecule has 29 heavy (non-hydrogen) atoms. The van der Waals surface area contributed by atoms with Crippen molar-refractivity contribution in [1.29, 1.82) is 0 Å². The molecular formula is C20H17N3O6. The molecule has 2 aromatic carbocycles. The highest BCUT2D eigenvalue weighted by molar-refractivity contribution is 6.32. The van der Waals surface area contributed by atoms with Gasteiger partial charge in [0.05, 0.1) is 31.2 Å². The Morgan fingerprint density at radius 1 is 1.10 bits per heavy atom. The molecule has 9 nitrogen and oxygen atoms in total. The Kier molecular flexibility index (Phi) is 5.68. The summed E-state index contributed by atoms with van der Waals surface area (Å²) in [5, 5.41) is 2.14. The molecule has 2 aromatic rings. The highest BCUT2D eigenvalue weighted by Crippen LogP contribution is 2.23. The van der Waals surface area contributed by atoms with E-state index in [2.05, 4.69) is 15.0 Å². The highest BCUT2D eigenvalue weighted by atomic mass is 16.5. The molecule has 3 rings (SSSR count). The number of esters is 1. The quantitative estimate of drug-likeness (QED) is 0.471. The van der Waals surface area contributed by atoms with Gasteiger partial charge in [-0.15, -0.1) is 0 Å². The van der Waals surface area contributed by atoms with Crippen LogP contribution in [0.1, 0.15) is 10.4 Å². The first-order valence-corrected chi connectivity index (χ1v) is 8.50. The van der Waals surface area contributed by atoms with Gasteiger partial charge in [0.25, 0.3) is 5.91 Å². The number of imide groups is 2. The van der Waals surface area contributed by atoms with Crippen LogP contribution in [0, 0.1) is 5.92 Å². The number of amides is 4. The van der Waals surface area contributed by atoms with Crippen LogP contribution in [0.2, 0.25) is 0 Å². The molecule has 0 spiro atoms. The second-order valence-corrected chi connectivity index (χ2v) is 5.96. The van der Waals surface area contributed by atoms with Crippen LogP contribution in [0.15, 0.2) is 53.5 Å². The summed E-state index contributed by atoms with van der Waals surface area (Å²) in [6, 6.07) is 11.6. The van der Waals surface area contributed by atoms with Crippen LogP contribution in [0.25, 0.3) is 0 Å². The predicted octanol–water partition coefficient (Wildman–Crippen LogP) is 2.08. The van der Waals surface area contributed by atoms with Gasteiger partial charge in [-0.25, -0.2) is 14.5 Å². The second kappa shape index (κ2) is 8.34. The molecule has 1 aliphatic rings. The summed E-state index contributed by atoms with van der Waals surface area (Å²) in [6.45, 7) is 0. The van der Waals surface area contributed by atoms with E-state index in [1.54, 1.807) is 30.3 Å². The lowest BCUT2D eigenvalue weighted by atomic mass is 10.1. The number of hydrogen-bond acceptors (Lipinski definition) is 7. The van der Waals surface area contributed by atoms with Crippen molar-refractivity contribution in [3.8, 4) is 5.75 Å². The summed E-state index contributed by atoms with van der Waals surface area (Å²) in [5.74, 6) is -2.81. The average molecular weight is 395 g/mol. The third-order valence-electron chi connectivity index (χ3n) is 4.17. The number of carbonyl (C=O) groups excluding carboxylic acids is 4. The highest BCUT2D eigenvalue weighted by Gasteiger charge is 2.40. The number of benzene rings is 2. The molecule has 1 saturated heterocycles. The van der Waals surface area contributed by atoms with Gasteiger partial charge in [-0.1, -0.05) is 6.07 Å². The molecule has 148 valence electrons. The first kappa shape index (κ1) is 19.7. The zero-order valence-corrected chi connectivity index (χ0v) is 15.6. The maximum absolute atomic E-state index is 12.8. The molecule has 9 heteroatoms. The number of aliphatic imine (C=N–C) groups is 1. The fourth-order valence-corrected chi connectivity index (χ4v) is 2.69. The van der Waals surface area contributed by atoms with E-state index >= 15 is 0 Å². The summed E-state index contributed by atoms with van der Waals surface area (Å²) >= 11 is 0. The van der Waals surface area contributed by atoms with Gasteiger partial charge in [0, 0.05) is 6.21 Å². The van der Waals surface area contributed by atoms with Gasteiger partial charge in [0.15, 0.2) is 5.92 Å². The van der Waals surface area contributed by atoms with Gasteiger partial charge >= 0.3 is 12.0 Å². The third kappa shape index (κ3) is 4.13. The zero-order chi connectivity index (χ0) is 21.0. The van der Waals surface area contributed by atoms with E-state index in [0.717, 1.165) is 11.1 Å². The number of hydrogen-bond donors (Lipinski definition) is 1. The van der Waals surface area contributed by atoms with Gasteiger partial charge in [-0.2, -0.15) is 0 Å². The minimum Gasteiger partial charge on any atom is -0.497 e. The van der Waals surface area contributed by atoms with Crippen LogP contribution in [0.5, 0.6) is 5.75 Å². The van der Waals surface area contributed by atoms with E-state index in [4.69, 9.17) is 4.74 Å². The van der Waals surface area contributed by atoms with E-state index in [9.17, 15) is 19.2 Å². The van der Waals surface area contributed by atoms with Crippen LogP contribution >= 0.6 is 0 Å². The Morgan fingerprint density at radius 2 is 1.83 bits per heavy atom. The van der Waals surface area contributed by atoms with Crippen LogP contribution < -0.4 is 15.0 Å². The molecule has 1 aliphatic heterocycles. The maximum Gasteiger partial charge on any atom is 0.337 e.